The molecule has 1 atom stereocenters. The van der Waals surface area contributed by atoms with Crippen LogP contribution in [0.2, 0.25) is 0 Å². The molecule has 0 aromatic heterocycles. The summed E-state index contributed by atoms with van der Waals surface area (Å²) in [5, 5.41) is 14.6. The van der Waals surface area contributed by atoms with E-state index >= 15 is 0 Å². The predicted molar refractivity (Wildman–Crippen MR) is 192 cm³/mol. The highest BCUT2D eigenvalue weighted by Gasteiger charge is 2.38. The molecule has 1 unspecified atom stereocenters. The quantitative estimate of drug-likeness (QED) is 0.0310. The molecule has 3 aromatic carbocycles. The second-order valence-electron chi connectivity index (χ2n) is 11.1. The van der Waals surface area contributed by atoms with Gasteiger partial charge in [0.25, 0.3) is 5.69 Å². The molecule has 15 heteroatoms. The highest BCUT2D eigenvalue weighted by molar-refractivity contribution is 9.10. The number of nitro benzene ring substituents is 1. The fourth-order valence-electron chi connectivity index (χ4n) is 5.39. The molecule has 0 bridgehead atoms. The van der Waals surface area contributed by atoms with Crippen LogP contribution >= 0.6 is 15.9 Å². The number of ether oxygens (including phenoxy) is 7. The minimum Gasteiger partial charge on any atom is -0.489 e. The lowest BCUT2D eigenvalue weighted by Crippen LogP contribution is -2.32. The second-order valence-corrected chi connectivity index (χ2v) is 12.0. The van der Waals surface area contributed by atoms with Crippen LogP contribution in [0.25, 0.3) is 6.08 Å². The third-order valence-electron chi connectivity index (χ3n) is 7.61. The van der Waals surface area contributed by atoms with Crippen molar-refractivity contribution in [2.45, 2.75) is 19.8 Å². The summed E-state index contributed by atoms with van der Waals surface area (Å²) < 4.78 is 38.9. The molecule has 0 aliphatic carbocycles. The van der Waals surface area contributed by atoms with Crippen LogP contribution < -0.4 is 19.5 Å². The number of hydrogen-bond donors (Lipinski definition) is 1. The summed E-state index contributed by atoms with van der Waals surface area (Å²) in [5.74, 6) is -2.60. The summed E-state index contributed by atoms with van der Waals surface area (Å²) in [6.45, 7) is 2.45. The lowest BCUT2D eigenvalue weighted by molar-refractivity contribution is -0.384. The van der Waals surface area contributed by atoms with E-state index in [0.717, 1.165) is 10.0 Å². The number of carbonyl (C=O) groups excluding carboxylic acids is 3. The number of dihydropyridines is 1. The highest BCUT2D eigenvalue weighted by atomic mass is 79.9. The van der Waals surface area contributed by atoms with Gasteiger partial charge in [-0.3, -0.25) is 14.9 Å². The van der Waals surface area contributed by atoms with Crippen molar-refractivity contribution in [1.82, 2.24) is 5.32 Å². The number of nitrogens with one attached hydrogen (secondary N) is 1. The summed E-state index contributed by atoms with van der Waals surface area (Å²) in [5.41, 5.74) is 1.84. The van der Waals surface area contributed by atoms with Gasteiger partial charge in [0.1, 0.15) is 36.0 Å². The summed E-state index contributed by atoms with van der Waals surface area (Å²) in [6, 6.07) is 16.0. The topological polar surface area (TPSA) is 171 Å². The van der Waals surface area contributed by atoms with Gasteiger partial charge in [-0.15, -0.1) is 0 Å². The summed E-state index contributed by atoms with van der Waals surface area (Å²) in [4.78, 5) is 51.4. The third kappa shape index (κ3) is 9.84. The van der Waals surface area contributed by atoms with Crippen molar-refractivity contribution < 1.29 is 52.5 Å². The molecular weight excluding hydrogens is 744 g/mol. The van der Waals surface area contributed by atoms with E-state index in [-0.39, 0.29) is 66.4 Å². The number of carbonyl (C=O) groups is 3. The van der Waals surface area contributed by atoms with Gasteiger partial charge in [0.05, 0.1) is 29.1 Å². The van der Waals surface area contributed by atoms with Gasteiger partial charge in [-0.2, -0.15) is 0 Å². The average Bonchev–Trinajstić information content (AvgIpc) is 3.13. The minimum atomic E-state index is -1.04. The van der Waals surface area contributed by atoms with Crippen molar-refractivity contribution in [3.05, 3.63) is 121 Å². The molecule has 1 N–H and O–H groups in total. The van der Waals surface area contributed by atoms with Gasteiger partial charge in [-0.1, -0.05) is 46.3 Å². The number of halogens is 1. The molecule has 0 spiro atoms. The first-order valence-electron chi connectivity index (χ1n) is 15.7. The maximum Gasteiger partial charge on any atom is 0.336 e. The number of benzene rings is 3. The van der Waals surface area contributed by atoms with Crippen molar-refractivity contribution >= 4 is 45.4 Å². The van der Waals surface area contributed by atoms with E-state index in [4.69, 9.17) is 33.2 Å². The summed E-state index contributed by atoms with van der Waals surface area (Å²) in [6.07, 6.45) is 3.01. The maximum absolute atomic E-state index is 13.7. The second kappa shape index (κ2) is 18.6. The number of rotatable bonds is 17. The van der Waals surface area contributed by atoms with Crippen LogP contribution in [0.15, 0.2) is 93.8 Å². The molecule has 14 nitrogen and oxygen atoms in total. The van der Waals surface area contributed by atoms with Gasteiger partial charge in [-0.25, -0.2) is 9.59 Å². The number of allylic oxidation sites excluding steroid dienone is 3. The molecule has 1 heterocycles. The molecule has 274 valence electrons. The van der Waals surface area contributed by atoms with Crippen molar-refractivity contribution in [2.24, 2.45) is 0 Å². The lowest BCUT2D eigenvalue weighted by atomic mass is 9.80. The average molecular weight is 782 g/mol. The fraction of sp³-hybridized carbons (Fsp3) is 0.270. The molecule has 0 saturated carbocycles. The first-order chi connectivity index (χ1) is 25.0. The zero-order valence-electron chi connectivity index (χ0n) is 29.1. The van der Waals surface area contributed by atoms with E-state index in [1.54, 1.807) is 26.0 Å². The smallest absolute Gasteiger partial charge is 0.336 e. The van der Waals surface area contributed by atoms with Crippen LogP contribution in [0.1, 0.15) is 41.3 Å². The molecule has 52 heavy (non-hydrogen) atoms. The Morgan fingerprint density at radius 3 is 2.15 bits per heavy atom. The molecule has 4 rings (SSSR count). The van der Waals surface area contributed by atoms with Crippen molar-refractivity contribution in [2.75, 3.05) is 48.1 Å². The molecule has 0 saturated heterocycles. The summed E-state index contributed by atoms with van der Waals surface area (Å²) in [7, 11) is 4.08. The number of esters is 2. The van der Waals surface area contributed by atoms with Gasteiger partial charge in [0.15, 0.2) is 19.4 Å². The Morgan fingerprint density at radius 1 is 0.846 bits per heavy atom. The Bertz CT molecular complexity index is 1920. The van der Waals surface area contributed by atoms with Crippen LogP contribution in [0, 0.1) is 10.1 Å². The van der Waals surface area contributed by atoms with Gasteiger partial charge < -0.3 is 38.5 Å². The molecule has 0 fully saturated rings. The minimum absolute atomic E-state index is 0.0465. The molecule has 0 amide bonds. The van der Waals surface area contributed by atoms with E-state index in [1.165, 1.54) is 57.7 Å². The van der Waals surface area contributed by atoms with E-state index in [0.29, 0.717) is 17.0 Å². The summed E-state index contributed by atoms with van der Waals surface area (Å²) >= 11 is 3.42. The zero-order valence-corrected chi connectivity index (χ0v) is 30.6. The van der Waals surface area contributed by atoms with E-state index in [1.807, 2.05) is 24.3 Å². The van der Waals surface area contributed by atoms with E-state index in [2.05, 4.69) is 21.2 Å². The Kier molecular flexibility index (Phi) is 14.1. The van der Waals surface area contributed by atoms with Crippen LogP contribution in [-0.2, 0) is 28.5 Å². The Labute approximate surface area is 308 Å². The van der Waals surface area contributed by atoms with Crippen LogP contribution in [-0.4, -0.2) is 70.8 Å². The highest BCUT2D eigenvalue weighted by Crippen LogP contribution is 2.40. The van der Waals surface area contributed by atoms with Gasteiger partial charge >= 0.3 is 11.9 Å². The van der Waals surface area contributed by atoms with Gasteiger partial charge in [-0.05, 0) is 43.2 Å². The molecular formula is C37H37BrN2O12. The molecule has 1 aliphatic rings. The molecule has 3 aromatic rings. The Morgan fingerprint density at radius 2 is 1.50 bits per heavy atom. The molecule has 0 radical (unpaired) electrons. The largest absolute Gasteiger partial charge is 0.489 e. The first-order valence-corrected chi connectivity index (χ1v) is 16.5. The number of hydrogen-bond acceptors (Lipinski definition) is 13. The number of ketones is 1. The van der Waals surface area contributed by atoms with Gasteiger partial charge in [0, 0.05) is 54.4 Å². The third-order valence-corrected chi connectivity index (χ3v) is 8.10. The van der Waals surface area contributed by atoms with Crippen molar-refractivity contribution in [3.8, 4) is 17.2 Å². The van der Waals surface area contributed by atoms with Gasteiger partial charge in [0.2, 0.25) is 0 Å². The standard InChI is InChI=1S/C37H37BrN2O12/c1-22-32(36(42)48-5)34(25-9-7-11-27(17-25)40(44)45)33(23(2)39-22)37(43)50-15-14-49-30-18-28(51-20-46-3)19-31(52-21-47-4)35(30)29(41)13-12-24-8-6-10-26(38)16-24/h6-13,16-19,34,39H,14-15,20-21H2,1-5H3/b13-12+. The van der Waals surface area contributed by atoms with Crippen LogP contribution in [0.4, 0.5) is 5.69 Å². The number of methoxy groups -OCH3 is 3. The Balaban J connectivity index is 1.62. The SMILES string of the molecule is COCOc1cc(OCCOC(=O)C2=C(C)NC(C)=C(C(=O)OC)C2c2cccc([N+](=O)[O-])c2)c(C(=O)/C=C/c2cccc(Br)c2)c(OCOC)c1. The predicted octanol–water partition coefficient (Wildman–Crippen LogP) is 6.25. The first kappa shape index (κ1) is 39.3. The normalized spacial score (nSPS) is 14.2. The van der Waals surface area contributed by atoms with E-state index in [9.17, 15) is 24.5 Å². The molecule has 1 aliphatic heterocycles. The Hall–Kier alpha value is -5.51. The van der Waals surface area contributed by atoms with Crippen molar-refractivity contribution in [3.63, 3.8) is 0 Å². The number of non-ortho nitro benzene ring substituents is 1. The fourth-order valence-corrected chi connectivity index (χ4v) is 5.81. The zero-order chi connectivity index (χ0) is 37.8. The lowest BCUT2D eigenvalue weighted by Gasteiger charge is -2.30. The van der Waals surface area contributed by atoms with Crippen LogP contribution in [0.5, 0.6) is 17.2 Å². The monoisotopic (exact) mass is 780 g/mol. The van der Waals surface area contributed by atoms with Crippen molar-refractivity contribution in [1.29, 1.82) is 0 Å². The maximum atomic E-state index is 13.7. The van der Waals surface area contributed by atoms with Crippen LogP contribution in [0.3, 0.4) is 0 Å². The van der Waals surface area contributed by atoms with E-state index < -0.39 is 28.6 Å². The number of nitro groups is 1. The number of nitrogens with zero attached hydrogens (tertiary/aromatic N) is 1.